The van der Waals surface area contributed by atoms with Gasteiger partial charge in [0.2, 0.25) is 0 Å². The van der Waals surface area contributed by atoms with Crippen molar-refractivity contribution in [2.24, 2.45) is 0 Å². The minimum absolute atomic E-state index is 0.302. The number of nitrogens with zero attached hydrogens (tertiary/aromatic N) is 3. The van der Waals surface area contributed by atoms with Gasteiger partial charge in [0, 0.05) is 35.1 Å². The second-order valence-electron chi connectivity index (χ2n) is 7.25. The summed E-state index contributed by atoms with van der Waals surface area (Å²) in [6.07, 6.45) is 3.22. The van der Waals surface area contributed by atoms with Crippen LogP contribution in [0.5, 0.6) is 0 Å². The number of rotatable bonds is 4. The number of halogens is 4. The zero-order valence-electron chi connectivity index (χ0n) is 16.9. The molecule has 0 amide bonds. The van der Waals surface area contributed by atoms with Gasteiger partial charge in [-0.2, -0.15) is 0 Å². The fraction of sp³-hybridized carbons (Fsp3) is 0. The molecule has 2 heterocycles. The minimum atomic E-state index is -0.994. The normalized spacial score (nSPS) is 11.0. The molecule has 33 heavy (non-hydrogen) atoms. The van der Waals surface area contributed by atoms with Gasteiger partial charge in [0.15, 0.2) is 29.1 Å². The van der Waals surface area contributed by atoms with Gasteiger partial charge >= 0.3 is 0 Å². The zero-order valence-corrected chi connectivity index (χ0v) is 16.9. The Morgan fingerprint density at radius 3 is 2.09 bits per heavy atom. The van der Waals surface area contributed by atoms with Crippen LogP contribution in [0.4, 0.5) is 29.1 Å². The highest BCUT2D eigenvalue weighted by Gasteiger charge is 2.13. The van der Waals surface area contributed by atoms with E-state index in [2.05, 4.69) is 20.3 Å². The lowest BCUT2D eigenvalue weighted by Crippen LogP contribution is -2.00. The predicted octanol–water partition coefficient (Wildman–Crippen LogP) is 6.66. The van der Waals surface area contributed by atoms with Crippen LogP contribution in [0.3, 0.4) is 0 Å². The van der Waals surface area contributed by atoms with Crippen LogP contribution in [0.25, 0.3) is 33.4 Å². The summed E-state index contributed by atoms with van der Waals surface area (Å²) in [5.74, 6) is -3.12. The Morgan fingerprint density at radius 1 is 0.636 bits per heavy atom. The second-order valence-corrected chi connectivity index (χ2v) is 7.25. The van der Waals surface area contributed by atoms with E-state index < -0.39 is 23.3 Å². The van der Waals surface area contributed by atoms with E-state index in [0.717, 1.165) is 24.3 Å². The fourth-order valence-corrected chi connectivity index (χ4v) is 3.41. The molecule has 0 aliphatic carbocycles. The molecule has 0 aliphatic rings. The van der Waals surface area contributed by atoms with Crippen molar-refractivity contribution in [1.82, 2.24) is 15.0 Å². The maximum absolute atomic E-state index is 13.8. The van der Waals surface area contributed by atoms with Crippen molar-refractivity contribution in [1.29, 1.82) is 0 Å². The summed E-state index contributed by atoms with van der Waals surface area (Å²) >= 11 is 0. The summed E-state index contributed by atoms with van der Waals surface area (Å²) in [7, 11) is 0. The van der Waals surface area contributed by atoms with Crippen LogP contribution in [0.1, 0.15) is 0 Å². The first kappa shape index (κ1) is 20.6. The van der Waals surface area contributed by atoms with Crippen molar-refractivity contribution in [3.8, 4) is 22.5 Å². The first-order chi connectivity index (χ1) is 16.0. The molecule has 0 spiro atoms. The average Bonchev–Trinajstić information content (AvgIpc) is 2.83. The molecule has 5 rings (SSSR count). The standard InChI is InChI=1S/C25H14F4N4/c26-19-7-4-14(10-21(19)28)15-3-6-18-23(11-15)32-24(16-2-1-9-30-13-16)33-25(18)31-17-5-8-20(27)22(29)12-17/h1-13H,(H,31,32,33). The molecule has 0 bridgehead atoms. The van der Waals surface area contributed by atoms with E-state index >= 15 is 0 Å². The van der Waals surface area contributed by atoms with Gasteiger partial charge in [-0.25, -0.2) is 27.5 Å². The lowest BCUT2D eigenvalue weighted by atomic mass is 10.0. The summed E-state index contributed by atoms with van der Waals surface area (Å²) in [4.78, 5) is 13.3. The molecule has 162 valence electrons. The highest BCUT2D eigenvalue weighted by Crippen LogP contribution is 2.31. The number of hydrogen-bond acceptors (Lipinski definition) is 4. The Kier molecular flexibility index (Phi) is 5.18. The van der Waals surface area contributed by atoms with Gasteiger partial charge < -0.3 is 5.32 Å². The molecule has 2 aromatic heterocycles. The number of hydrogen-bond donors (Lipinski definition) is 1. The molecule has 8 heteroatoms. The third kappa shape index (κ3) is 4.10. The number of nitrogens with one attached hydrogen (secondary N) is 1. The number of fused-ring (bicyclic) bond motifs is 1. The first-order valence-corrected chi connectivity index (χ1v) is 9.87. The van der Waals surface area contributed by atoms with Gasteiger partial charge in [-0.3, -0.25) is 4.98 Å². The largest absolute Gasteiger partial charge is 0.340 e. The van der Waals surface area contributed by atoms with E-state index in [9.17, 15) is 17.6 Å². The van der Waals surface area contributed by atoms with Gasteiger partial charge in [0.1, 0.15) is 5.82 Å². The molecule has 3 aromatic carbocycles. The molecule has 0 radical (unpaired) electrons. The van der Waals surface area contributed by atoms with Crippen molar-refractivity contribution in [3.05, 3.63) is 102 Å². The zero-order chi connectivity index (χ0) is 22.9. The Bertz CT molecular complexity index is 1490. The third-order valence-electron chi connectivity index (χ3n) is 5.05. The van der Waals surface area contributed by atoms with Crippen molar-refractivity contribution < 1.29 is 17.6 Å². The average molecular weight is 446 g/mol. The van der Waals surface area contributed by atoms with Crippen LogP contribution in [0, 0.1) is 23.3 Å². The molecule has 1 N–H and O–H groups in total. The third-order valence-corrected chi connectivity index (χ3v) is 5.05. The molecule has 0 saturated heterocycles. The summed E-state index contributed by atoms with van der Waals surface area (Å²) in [6.45, 7) is 0. The van der Waals surface area contributed by atoms with E-state index in [-0.39, 0.29) is 0 Å². The smallest absolute Gasteiger partial charge is 0.163 e. The maximum Gasteiger partial charge on any atom is 0.163 e. The summed E-state index contributed by atoms with van der Waals surface area (Å²) in [5, 5.41) is 3.61. The van der Waals surface area contributed by atoms with E-state index in [0.29, 0.717) is 44.9 Å². The van der Waals surface area contributed by atoms with Gasteiger partial charge in [-0.1, -0.05) is 12.1 Å². The van der Waals surface area contributed by atoms with Crippen LogP contribution in [0.15, 0.2) is 79.1 Å². The molecular weight excluding hydrogens is 432 g/mol. The van der Waals surface area contributed by atoms with Gasteiger partial charge in [-0.05, 0) is 59.7 Å². The van der Waals surface area contributed by atoms with Gasteiger partial charge in [0.05, 0.1) is 5.52 Å². The molecule has 0 aliphatic heterocycles. The lowest BCUT2D eigenvalue weighted by molar-refractivity contribution is 0.509. The van der Waals surface area contributed by atoms with Crippen molar-refractivity contribution >= 4 is 22.4 Å². The first-order valence-electron chi connectivity index (χ1n) is 9.87. The molecule has 0 atom stereocenters. The van der Waals surface area contributed by atoms with Crippen LogP contribution >= 0.6 is 0 Å². The lowest BCUT2D eigenvalue weighted by Gasteiger charge is -2.12. The molecule has 0 unspecified atom stereocenters. The quantitative estimate of drug-likeness (QED) is 0.314. The fourth-order valence-electron chi connectivity index (χ4n) is 3.41. The number of benzene rings is 3. The molecule has 0 saturated carbocycles. The van der Waals surface area contributed by atoms with Gasteiger partial charge in [-0.15, -0.1) is 0 Å². The Morgan fingerprint density at radius 2 is 1.36 bits per heavy atom. The Labute approximate surface area is 185 Å². The molecule has 5 aromatic rings. The molecule has 0 fully saturated rings. The highest BCUT2D eigenvalue weighted by atomic mass is 19.2. The van der Waals surface area contributed by atoms with E-state index in [1.54, 1.807) is 42.7 Å². The number of pyridine rings is 1. The van der Waals surface area contributed by atoms with Crippen molar-refractivity contribution in [2.75, 3.05) is 5.32 Å². The van der Waals surface area contributed by atoms with Crippen molar-refractivity contribution in [3.63, 3.8) is 0 Å². The summed E-state index contributed by atoms with van der Waals surface area (Å²) < 4.78 is 54.2. The van der Waals surface area contributed by atoms with Crippen molar-refractivity contribution in [2.45, 2.75) is 0 Å². The highest BCUT2D eigenvalue weighted by molar-refractivity contribution is 5.94. The number of aromatic nitrogens is 3. The van der Waals surface area contributed by atoms with Gasteiger partial charge in [0.25, 0.3) is 0 Å². The van der Waals surface area contributed by atoms with Crippen LogP contribution < -0.4 is 5.32 Å². The topological polar surface area (TPSA) is 50.7 Å². The van der Waals surface area contributed by atoms with E-state index in [1.807, 2.05) is 0 Å². The Balaban J connectivity index is 1.67. The van der Waals surface area contributed by atoms with Crippen LogP contribution in [0.2, 0.25) is 0 Å². The second kappa shape index (κ2) is 8.31. The predicted molar refractivity (Wildman–Crippen MR) is 118 cm³/mol. The maximum atomic E-state index is 13.8. The van der Waals surface area contributed by atoms with Crippen LogP contribution in [-0.4, -0.2) is 15.0 Å². The van der Waals surface area contributed by atoms with Crippen LogP contribution in [-0.2, 0) is 0 Å². The van der Waals surface area contributed by atoms with E-state index in [4.69, 9.17) is 0 Å². The molecular formula is C25H14F4N4. The minimum Gasteiger partial charge on any atom is -0.340 e. The molecule has 4 nitrogen and oxygen atoms in total. The monoisotopic (exact) mass is 446 g/mol. The Hall–Kier alpha value is -4.33. The SMILES string of the molecule is Fc1ccc(Nc2nc(-c3cccnc3)nc3cc(-c4ccc(F)c(F)c4)ccc23)cc1F. The van der Waals surface area contributed by atoms with E-state index in [1.165, 1.54) is 12.1 Å². The summed E-state index contributed by atoms with van der Waals surface area (Å²) in [5.41, 5.74) is 2.56. The number of anilines is 2. The summed E-state index contributed by atoms with van der Waals surface area (Å²) in [6, 6.07) is 15.8.